The number of hydrogen-bond donors (Lipinski definition) is 4. The molecule has 0 saturated carbocycles. The molecule has 2 rings (SSSR count). The molecule has 1 heterocycles. The van der Waals surface area contributed by atoms with Crippen LogP contribution in [-0.4, -0.2) is 51.9 Å². The summed E-state index contributed by atoms with van der Waals surface area (Å²) in [6.45, 7) is 1.58. The van der Waals surface area contributed by atoms with Gasteiger partial charge in [-0.1, -0.05) is 12.1 Å². The third-order valence-electron chi connectivity index (χ3n) is 3.28. The van der Waals surface area contributed by atoms with E-state index < -0.39 is 36.6 Å². The van der Waals surface area contributed by atoms with E-state index in [2.05, 4.69) is 5.32 Å². The topological polar surface area (TPSA) is 122 Å². The van der Waals surface area contributed by atoms with Crippen molar-refractivity contribution in [3.8, 4) is 0 Å². The monoisotopic (exact) mass is 305 g/mol. The van der Waals surface area contributed by atoms with Gasteiger partial charge in [-0.15, -0.1) is 0 Å². The summed E-state index contributed by atoms with van der Waals surface area (Å²) < 4.78 is 5.36. The summed E-state index contributed by atoms with van der Waals surface area (Å²) >= 11 is 0. The summed E-state index contributed by atoms with van der Waals surface area (Å²) in [5, 5.41) is 42.5. The van der Waals surface area contributed by atoms with E-state index in [4.69, 9.17) is 4.74 Å². The van der Waals surface area contributed by atoms with Crippen molar-refractivity contribution in [2.45, 2.75) is 37.6 Å². The molecule has 0 amide bonds. The van der Waals surface area contributed by atoms with Crippen molar-refractivity contribution in [3.05, 3.63) is 29.8 Å². The van der Waals surface area contributed by atoms with Crippen LogP contribution in [0, 0.1) is 0 Å². The second-order valence-corrected chi connectivity index (χ2v) is 4.74. The van der Waals surface area contributed by atoms with E-state index in [1.165, 1.54) is 24.3 Å². The Balaban J connectivity index is 0.00000220. The van der Waals surface area contributed by atoms with Gasteiger partial charge >= 0.3 is 29.6 Å². The molecule has 0 spiro atoms. The first-order valence-electron chi connectivity index (χ1n) is 6.17. The van der Waals surface area contributed by atoms with Gasteiger partial charge in [0.25, 0.3) is 0 Å². The molecule has 0 radical (unpaired) electrons. The minimum absolute atomic E-state index is 0. The molecule has 1 fully saturated rings. The number of aromatic carboxylic acids is 1. The molecule has 8 heteroatoms. The number of hydrogen-bond acceptors (Lipinski definition) is 7. The van der Waals surface area contributed by atoms with Gasteiger partial charge in [-0.25, -0.2) is 0 Å². The fourth-order valence-electron chi connectivity index (χ4n) is 2.04. The molecule has 1 aromatic rings. The van der Waals surface area contributed by atoms with Gasteiger partial charge in [0.05, 0.1) is 12.1 Å². The van der Waals surface area contributed by atoms with E-state index in [9.17, 15) is 25.2 Å². The van der Waals surface area contributed by atoms with Gasteiger partial charge in [0.15, 0.2) is 6.23 Å². The second-order valence-electron chi connectivity index (χ2n) is 4.74. The SMILES string of the molecule is C[C@@H]1O[C@@H](Nc2ccc(C(=O)[O-])cc2)[C@H](O)[C@H](O)[C@H]1O.[Na+]. The number of anilines is 1. The maximum Gasteiger partial charge on any atom is 1.00 e. The third-order valence-corrected chi connectivity index (χ3v) is 3.28. The van der Waals surface area contributed by atoms with Crippen LogP contribution in [0.1, 0.15) is 17.3 Å². The molecular formula is C13H16NNaO6. The van der Waals surface area contributed by atoms with Crippen LogP contribution in [0.3, 0.4) is 0 Å². The normalized spacial score (nSPS) is 32.1. The van der Waals surface area contributed by atoms with Crippen LogP contribution in [0.2, 0.25) is 0 Å². The summed E-state index contributed by atoms with van der Waals surface area (Å²) in [7, 11) is 0. The molecule has 110 valence electrons. The maximum atomic E-state index is 10.6. The van der Waals surface area contributed by atoms with Gasteiger partial charge in [0.1, 0.15) is 18.3 Å². The molecule has 21 heavy (non-hydrogen) atoms. The van der Waals surface area contributed by atoms with Gasteiger partial charge in [-0.3, -0.25) is 0 Å². The molecule has 5 atom stereocenters. The van der Waals surface area contributed by atoms with Crippen LogP contribution < -0.4 is 40.0 Å². The molecule has 0 bridgehead atoms. The Labute approximate surface area is 143 Å². The van der Waals surface area contributed by atoms with Gasteiger partial charge in [-0.2, -0.15) is 0 Å². The van der Waals surface area contributed by atoms with Gasteiger partial charge in [-0.05, 0) is 24.6 Å². The summed E-state index contributed by atoms with van der Waals surface area (Å²) in [4.78, 5) is 10.6. The molecule has 7 nitrogen and oxygen atoms in total. The quantitative estimate of drug-likeness (QED) is 0.414. The minimum Gasteiger partial charge on any atom is -0.545 e. The average Bonchev–Trinajstić information content (AvgIpc) is 2.43. The summed E-state index contributed by atoms with van der Waals surface area (Å²) in [6.07, 6.45) is -5.34. The number of carboxylic acid groups (broad SMARTS) is 1. The van der Waals surface area contributed by atoms with Crippen molar-refractivity contribution < 1.29 is 59.5 Å². The Morgan fingerprint density at radius 3 is 2.24 bits per heavy atom. The zero-order valence-electron chi connectivity index (χ0n) is 11.8. The Hall–Kier alpha value is -0.670. The predicted molar refractivity (Wildman–Crippen MR) is 66.8 cm³/mol. The Morgan fingerprint density at radius 1 is 1.14 bits per heavy atom. The Bertz CT molecular complexity index is 482. The van der Waals surface area contributed by atoms with Crippen LogP contribution in [0.4, 0.5) is 5.69 Å². The van der Waals surface area contributed by atoms with E-state index >= 15 is 0 Å². The molecule has 0 unspecified atom stereocenters. The van der Waals surface area contributed by atoms with E-state index in [1.807, 2.05) is 0 Å². The van der Waals surface area contributed by atoms with Crippen molar-refractivity contribution in [2.75, 3.05) is 5.32 Å². The molecule has 1 aromatic carbocycles. The summed E-state index contributed by atoms with van der Waals surface area (Å²) in [5.74, 6) is -1.28. The van der Waals surface area contributed by atoms with Gasteiger partial charge in [0.2, 0.25) is 0 Å². The van der Waals surface area contributed by atoms with E-state index in [-0.39, 0.29) is 35.1 Å². The molecule has 1 saturated heterocycles. The number of rotatable bonds is 3. The number of carbonyl (C=O) groups is 1. The predicted octanol–water partition coefficient (Wildman–Crippen LogP) is -4.71. The standard InChI is InChI=1S/C13H17NO6.Na/c1-6-9(15)10(16)11(17)12(20-6)14-8-4-2-7(3-5-8)13(18)19;/h2-6,9-12,14-17H,1H3,(H,18,19);/q;+1/p-1/t6-,9-,10+,11+,12+;/m0./s1. The number of aliphatic hydroxyl groups is 3. The first-order chi connectivity index (χ1) is 9.40. The van der Waals surface area contributed by atoms with Crippen LogP contribution in [0.5, 0.6) is 0 Å². The molecule has 0 aliphatic carbocycles. The van der Waals surface area contributed by atoms with Gasteiger partial charge in [0, 0.05) is 5.69 Å². The van der Waals surface area contributed by atoms with Crippen LogP contribution in [0.25, 0.3) is 0 Å². The van der Waals surface area contributed by atoms with E-state index in [1.54, 1.807) is 6.92 Å². The zero-order chi connectivity index (χ0) is 14.9. The van der Waals surface area contributed by atoms with Crippen molar-refractivity contribution in [1.82, 2.24) is 0 Å². The molecule has 1 aliphatic rings. The van der Waals surface area contributed by atoms with E-state index in [0.29, 0.717) is 5.69 Å². The van der Waals surface area contributed by atoms with Crippen LogP contribution in [-0.2, 0) is 4.74 Å². The zero-order valence-corrected chi connectivity index (χ0v) is 13.8. The molecule has 0 aromatic heterocycles. The number of nitrogens with one attached hydrogen (secondary N) is 1. The molecule has 4 N–H and O–H groups in total. The van der Waals surface area contributed by atoms with Crippen LogP contribution >= 0.6 is 0 Å². The number of aliphatic hydroxyl groups excluding tert-OH is 3. The Kier molecular flexibility index (Phi) is 6.61. The fourth-order valence-corrected chi connectivity index (χ4v) is 2.04. The average molecular weight is 305 g/mol. The second kappa shape index (κ2) is 7.55. The fraction of sp³-hybridized carbons (Fsp3) is 0.462. The number of benzene rings is 1. The molecule has 1 aliphatic heterocycles. The van der Waals surface area contributed by atoms with Crippen molar-refractivity contribution in [1.29, 1.82) is 0 Å². The molecular weight excluding hydrogens is 289 g/mol. The smallest absolute Gasteiger partial charge is 0.545 e. The van der Waals surface area contributed by atoms with E-state index in [0.717, 1.165) is 0 Å². The van der Waals surface area contributed by atoms with Crippen LogP contribution in [0.15, 0.2) is 24.3 Å². The largest absolute Gasteiger partial charge is 1.00 e. The Morgan fingerprint density at radius 2 is 1.71 bits per heavy atom. The summed E-state index contributed by atoms with van der Waals surface area (Å²) in [5.41, 5.74) is 0.541. The number of carbonyl (C=O) groups excluding carboxylic acids is 1. The maximum absolute atomic E-state index is 10.6. The first-order valence-corrected chi connectivity index (χ1v) is 6.17. The van der Waals surface area contributed by atoms with Crippen molar-refractivity contribution >= 4 is 11.7 Å². The number of carboxylic acids is 1. The van der Waals surface area contributed by atoms with Gasteiger partial charge < -0.3 is 35.3 Å². The number of ether oxygens (including phenoxy) is 1. The first kappa shape index (κ1) is 18.4. The third kappa shape index (κ3) is 4.17. The summed E-state index contributed by atoms with van der Waals surface area (Å²) in [6, 6.07) is 5.68. The van der Waals surface area contributed by atoms with Crippen molar-refractivity contribution in [3.63, 3.8) is 0 Å². The minimum atomic E-state index is -1.32. The van der Waals surface area contributed by atoms with Crippen molar-refractivity contribution in [2.24, 2.45) is 0 Å².